The number of nitrogens with zero attached hydrogens (tertiary/aromatic N) is 2. The molecule has 1 aliphatic carbocycles. The van der Waals surface area contributed by atoms with Crippen molar-refractivity contribution in [2.45, 2.75) is 38.0 Å². The Morgan fingerprint density at radius 1 is 1.03 bits per heavy atom. The SMILES string of the molecule is O=C(Nc1ccc(O)c(-c2cc(C3CCCC3)n(C(=O)NCCc3ccccc3)n2)c1)c1ccco1. The molecule has 4 aromatic rings. The standard InChI is InChI=1S/C28H28N4O4/c33-25-13-12-21(30-27(34)26-11-6-16-36-26)17-22(25)23-18-24(20-9-4-5-10-20)32(31-23)28(35)29-15-14-19-7-2-1-3-8-19/h1-3,6-8,11-13,16-18,20,33H,4-5,9-10,14-15H2,(H,29,35)(H,30,34). The minimum atomic E-state index is -0.397. The number of hydrogen-bond acceptors (Lipinski definition) is 5. The van der Waals surface area contributed by atoms with Crippen LogP contribution in [0.4, 0.5) is 10.5 Å². The number of carbonyl (C=O) groups excluding carboxylic acids is 2. The van der Waals surface area contributed by atoms with Gasteiger partial charge in [-0.3, -0.25) is 4.79 Å². The maximum Gasteiger partial charge on any atom is 0.342 e. The Morgan fingerprint density at radius 3 is 2.58 bits per heavy atom. The number of furan rings is 1. The van der Waals surface area contributed by atoms with Crippen LogP contribution in [-0.2, 0) is 6.42 Å². The first-order chi connectivity index (χ1) is 17.6. The normalized spacial score (nSPS) is 13.6. The quantitative estimate of drug-likeness (QED) is 0.298. The van der Waals surface area contributed by atoms with Gasteiger partial charge in [0.15, 0.2) is 5.76 Å². The summed E-state index contributed by atoms with van der Waals surface area (Å²) in [5, 5.41) is 20.9. The maximum absolute atomic E-state index is 13.1. The summed E-state index contributed by atoms with van der Waals surface area (Å²) in [4.78, 5) is 25.5. The lowest BCUT2D eigenvalue weighted by atomic mass is 10.0. The van der Waals surface area contributed by atoms with Crippen LogP contribution in [-0.4, -0.2) is 33.4 Å². The Balaban J connectivity index is 1.39. The van der Waals surface area contributed by atoms with Crippen LogP contribution in [0.25, 0.3) is 11.3 Å². The van der Waals surface area contributed by atoms with Crippen molar-refractivity contribution < 1.29 is 19.1 Å². The molecule has 2 aromatic heterocycles. The Morgan fingerprint density at radius 2 is 1.83 bits per heavy atom. The van der Waals surface area contributed by atoms with E-state index in [1.165, 1.54) is 17.0 Å². The molecule has 0 aliphatic heterocycles. The molecule has 2 aromatic carbocycles. The molecule has 1 saturated carbocycles. The van der Waals surface area contributed by atoms with Crippen molar-refractivity contribution in [3.63, 3.8) is 0 Å². The second kappa shape index (κ2) is 10.5. The first-order valence-corrected chi connectivity index (χ1v) is 12.2. The molecule has 0 spiro atoms. The topological polar surface area (TPSA) is 109 Å². The number of amides is 2. The van der Waals surface area contributed by atoms with Crippen LogP contribution in [0.5, 0.6) is 5.75 Å². The van der Waals surface area contributed by atoms with Crippen LogP contribution >= 0.6 is 0 Å². The van der Waals surface area contributed by atoms with E-state index in [0.717, 1.165) is 43.4 Å². The summed E-state index contributed by atoms with van der Waals surface area (Å²) in [6.45, 7) is 0.488. The monoisotopic (exact) mass is 484 g/mol. The van der Waals surface area contributed by atoms with Gasteiger partial charge in [-0.1, -0.05) is 43.2 Å². The molecule has 0 radical (unpaired) electrons. The average Bonchev–Trinajstić information content (AvgIpc) is 3.67. The van der Waals surface area contributed by atoms with Gasteiger partial charge in [0.25, 0.3) is 5.91 Å². The minimum absolute atomic E-state index is 0.0121. The highest BCUT2D eigenvalue weighted by Crippen LogP contribution is 2.38. The van der Waals surface area contributed by atoms with Gasteiger partial charge >= 0.3 is 6.03 Å². The molecule has 36 heavy (non-hydrogen) atoms. The fraction of sp³-hybridized carbons (Fsp3) is 0.250. The molecule has 0 unspecified atom stereocenters. The van der Waals surface area contributed by atoms with Crippen LogP contribution in [0.15, 0.2) is 77.4 Å². The Bertz CT molecular complexity index is 1340. The molecule has 1 fully saturated rings. The number of rotatable bonds is 7. The van der Waals surface area contributed by atoms with E-state index in [4.69, 9.17) is 4.42 Å². The number of carbonyl (C=O) groups is 2. The van der Waals surface area contributed by atoms with Crippen LogP contribution < -0.4 is 10.6 Å². The molecule has 8 heteroatoms. The van der Waals surface area contributed by atoms with Crippen molar-refractivity contribution in [2.75, 3.05) is 11.9 Å². The molecular weight excluding hydrogens is 456 g/mol. The number of nitrogens with one attached hydrogen (secondary N) is 2. The van der Waals surface area contributed by atoms with Gasteiger partial charge in [0.05, 0.1) is 17.7 Å². The molecular formula is C28H28N4O4. The number of hydrogen-bond donors (Lipinski definition) is 3. The Hall–Kier alpha value is -4.33. The summed E-state index contributed by atoms with van der Waals surface area (Å²) in [6.07, 6.45) is 6.36. The van der Waals surface area contributed by atoms with Gasteiger partial charge in [0, 0.05) is 23.7 Å². The lowest BCUT2D eigenvalue weighted by Gasteiger charge is -2.12. The molecule has 3 N–H and O–H groups in total. The second-order valence-corrected chi connectivity index (χ2v) is 8.98. The minimum Gasteiger partial charge on any atom is -0.507 e. The summed E-state index contributed by atoms with van der Waals surface area (Å²) < 4.78 is 6.58. The number of anilines is 1. The van der Waals surface area contributed by atoms with Crippen LogP contribution in [0.3, 0.4) is 0 Å². The van der Waals surface area contributed by atoms with E-state index in [1.807, 2.05) is 36.4 Å². The maximum atomic E-state index is 13.1. The molecule has 2 amide bonds. The van der Waals surface area contributed by atoms with E-state index in [-0.39, 0.29) is 23.5 Å². The first kappa shape index (κ1) is 23.4. The molecule has 8 nitrogen and oxygen atoms in total. The van der Waals surface area contributed by atoms with E-state index in [0.29, 0.717) is 23.5 Å². The smallest absolute Gasteiger partial charge is 0.342 e. The lowest BCUT2D eigenvalue weighted by molar-refractivity contribution is 0.0996. The van der Waals surface area contributed by atoms with Gasteiger partial charge in [-0.15, -0.1) is 0 Å². The third-order valence-electron chi connectivity index (χ3n) is 6.51. The summed E-state index contributed by atoms with van der Waals surface area (Å²) in [6, 6.07) is 19.5. The second-order valence-electron chi connectivity index (χ2n) is 8.98. The predicted octanol–water partition coefficient (Wildman–Crippen LogP) is 5.56. The number of benzene rings is 2. The average molecular weight is 485 g/mol. The third-order valence-corrected chi connectivity index (χ3v) is 6.51. The van der Waals surface area contributed by atoms with Crippen molar-refractivity contribution in [1.29, 1.82) is 0 Å². The Kier molecular flexibility index (Phi) is 6.84. The van der Waals surface area contributed by atoms with Crippen LogP contribution in [0.2, 0.25) is 0 Å². The summed E-state index contributed by atoms with van der Waals surface area (Å²) in [7, 11) is 0. The zero-order valence-electron chi connectivity index (χ0n) is 19.8. The largest absolute Gasteiger partial charge is 0.507 e. The van der Waals surface area contributed by atoms with Gasteiger partial charge in [-0.2, -0.15) is 9.78 Å². The first-order valence-electron chi connectivity index (χ1n) is 12.2. The van der Waals surface area contributed by atoms with Gasteiger partial charge in [-0.25, -0.2) is 4.79 Å². The van der Waals surface area contributed by atoms with E-state index in [9.17, 15) is 14.7 Å². The number of aromatic nitrogens is 2. The van der Waals surface area contributed by atoms with Gasteiger partial charge in [0.1, 0.15) is 5.75 Å². The van der Waals surface area contributed by atoms with Crippen molar-refractivity contribution in [1.82, 2.24) is 15.1 Å². The zero-order valence-corrected chi connectivity index (χ0v) is 19.8. The van der Waals surface area contributed by atoms with Crippen molar-refractivity contribution in [2.24, 2.45) is 0 Å². The molecule has 5 rings (SSSR count). The van der Waals surface area contributed by atoms with Crippen LogP contribution in [0, 0.1) is 0 Å². The van der Waals surface area contributed by atoms with Crippen molar-refractivity contribution in [3.05, 3.63) is 90.0 Å². The molecule has 0 saturated heterocycles. The van der Waals surface area contributed by atoms with Crippen molar-refractivity contribution in [3.8, 4) is 17.0 Å². The van der Waals surface area contributed by atoms with Gasteiger partial charge in [-0.05, 0) is 61.2 Å². The van der Waals surface area contributed by atoms with Gasteiger partial charge in [0.2, 0.25) is 0 Å². The molecule has 0 bridgehead atoms. The van der Waals surface area contributed by atoms with E-state index >= 15 is 0 Å². The number of aromatic hydroxyl groups is 1. The van der Waals surface area contributed by atoms with Crippen LogP contribution in [0.1, 0.15) is 53.4 Å². The molecule has 1 aliphatic rings. The predicted molar refractivity (Wildman–Crippen MR) is 136 cm³/mol. The Labute approximate surface area is 208 Å². The molecule has 184 valence electrons. The van der Waals surface area contributed by atoms with Crippen molar-refractivity contribution >= 4 is 17.6 Å². The molecule has 2 heterocycles. The molecule has 0 atom stereocenters. The fourth-order valence-corrected chi connectivity index (χ4v) is 4.65. The highest BCUT2D eigenvalue weighted by atomic mass is 16.3. The number of phenols is 1. The zero-order chi connectivity index (χ0) is 24.9. The summed E-state index contributed by atoms with van der Waals surface area (Å²) in [5.41, 5.74) is 3.37. The van der Waals surface area contributed by atoms with E-state index < -0.39 is 5.91 Å². The van der Waals surface area contributed by atoms with E-state index in [1.54, 1.807) is 24.3 Å². The summed E-state index contributed by atoms with van der Waals surface area (Å²) >= 11 is 0. The third kappa shape index (κ3) is 5.17. The van der Waals surface area contributed by atoms with E-state index in [2.05, 4.69) is 15.7 Å². The fourth-order valence-electron chi connectivity index (χ4n) is 4.65. The highest BCUT2D eigenvalue weighted by Gasteiger charge is 2.26. The highest BCUT2D eigenvalue weighted by molar-refractivity contribution is 6.02. The summed E-state index contributed by atoms with van der Waals surface area (Å²) in [5.74, 6) is 0.0319. The number of phenolic OH excluding ortho intramolecular Hbond substituents is 1. The lowest BCUT2D eigenvalue weighted by Crippen LogP contribution is -2.32. The van der Waals surface area contributed by atoms with Gasteiger partial charge < -0.3 is 20.2 Å².